The minimum atomic E-state index is -2.06. The number of allylic oxidation sites excluding steroid dienone is 3. The van der Waals surface area contributed by atoms with Crippen molar-refractivity contribution in [2.75, 3.05) is 19.8 Å². The molecule has 0 aromatic rings. The van der Waals surface area contributed by atoms with E-state index >= 15 is 0 Å². The first-order valence-corrected chi connectivity index (χ1v) is 28.4. The predicted octanol–water partition coefficient (Wildman–Crippen LogP) is 1.37. The third-order valence-electron chi connectivity index (χ3n) is 21.6. The lowest BCUT2D eigenvalue weighted by molar-refractivity contribution is -0.372. The molecule has 3 heterocycles. The minimum Gasteiger partial charge on any atom is -0.479 e. The maximum absolute atomic E-state index is 13.9. The Morgan fingerprint density at radius 1 is 0.759 bits per heavy atom. The van der Waals surface area contributed by atoms with Crippen molar-refractivity contribution in [3.8, 4) is 0 Å². The molecule has 3 saturated heterocycles. The number of ether oxygens (including phenoxy) is 8. The number of hydrogen-bond donors (Lipinski definition) is 11. The predicted molar refractivity (Wildman–Crippen MR) is 275 cm³/mol. The second-order valence-electron chi connectivity index (χ2n) is 26.2. The third-order valence-corrected chi connectivity index (χ3v) is 21.6. The number of aliphatic hydroxyl groups excluding tert-OH is 10. The molecule has 27 atom stereocenters. The quantitative estimate of drug-likeness (QED) is 0.0506. The van der Waals surface area contributed by atoms with Gasteiger partial charge >= 0.3 is 17.9 Å². The molecule has 0 bridgehead atoms. The van der Waals surface area contributed by atoms with Gasteiger partial charge in [0.1, 0.15) is 67.1 Å². The number of aliphatic carboxylic acids is 1. The van der Waals surface area contributed by atoms with Crippen LogP contribution in [0.15, 0.2) is 23.3 Å². The first-order chi connectivity index (χ1) is 36.9. The number of carboxylic acid groups (broad SMARTS) is 1. The number of hydrogen-bond acceptors (Lipinski definition) is 21. The number of aliphatic hydroxyl groups is 10. The van der Waals surface area contributed by atoms with E-state index in [4.69, 9.17) is 37.9 Å². The summed E-state index contributed by atoms with van der Waals surface area (Å²) in [4.78, 5) is 40.1. The van der Waals surface area contributed by atoms with Gasteiger partial charge < -0.3 is 94.1 Å². The zero-order valence-electron chi connectivity index (χ0n) is 47.5. The van der Waals surface area contributed by atoms with Crippen LogP contribution in [0.25, 0.3) is 0 Å². The summed E-state index contributed by atoms with van der Waals surface area (Å²) in [6, 6.07) is 0. The molecule has 8 aliphatic rings. The van der Waals surface area contributed by atoms with Crippen LogP contribution in [0.5, 0.6) is 0 Å². The van der Waals surface area contributed by atoms with Gasteiger partial charge in [-0.25, -0.2) is 9.59 Å². The van der Waals surface area contributed by atoms with Crippen molar-refractivity contribution in [3.63, 3.8) is 0 Å². The molecule has 22 nitrogen and oxygen atoms in total. The lowest BCUT2D eigenvalue weighted by Crippen LogP contribution is -2.72. The van der Waals surface area contributed by atoms with Crippen LogP contribution in [0.1, 0.15) is 128 Å². The molecule has 79 heavy (non-hydrogen) atoms. The van der Waals surface area contributed by atoms with Gasteiger partial charge in [0.15, 0.2) is 25.0 Å². The Bertz CT molecular complexity index is 2300. The summed E-state index contributed by atoms with van der Waals surface area (Å²) >= 11 is 0. The SMILES string of the molecule is C/C=C(/C)C(=O)O[C@H]1[C@H](OC(=O)C(C)CC)[C@]2(CO)[C@H](O)C[C@]3(C)C(=CC[C@@H]4[C@@]5(C)CC[C@H](O[C@@H]6O[C@H](C(=O)O)[C@@H](O)[C@H](O[C@@H]7OC[C@H](O)[C@H](O[C@@H]8O[C@@H](C)[C@H](O)[C@@H](O)[C@H]8O)[C@H]7O)[C@H]6O)[C@@](C)(CO)[C@@H]5CC[C@]43C)[C@@H]2CC1(C)C. The molecular weight excluding hydrogens is 1040 g/mol. The van der Waals surface area contributed by atoms with Crippen LogP contribution < -0.4 is 0 Å². The monoisotopic (exact) mass is 1130 g/mol. The number of fused-ring (bicyclic) bond motifs is 7. The number of carboxylic acids is 1. The van der Waals surface area contributed by atoms with Gasteiger partial charge in [-0.3, -0.25) is 4.79 Å². The van der Waals surface area contributed by atoms with Crippen LogP contribution in [0.3, 0.4) is 0 Å². The number of rotatable bonds is 14. The highest BCUT2D eigenvalue weighted by Crippen LogP contribution is 2.76. The van der Waals surface area contributed by atoms with Crippen molar-refractivity contribution in [2.45, 2.75) is 238 Å². The van der Waals surface area contributed by atoms with E-state index in [1.807, 2.05) is 27.7 Å². The van der Waals surface area contributed by atoms with Gasteiger partial charge in [-0.05, 0) is 106 Å². The van der Waals surface area contributed by atoms with E-state index in [0.717, 1.165) is 5.57 Å². The Hall–Kier alpha value is -2.75. The average Bonchev–Trinajstić information content (AvgIpc) is 3.51. The second kappa shape index (κ2) is 22.7. The standard InChI is InChI=1S/C57H90O22/c1-12-25(3)47(70)78-44-45(79-48(71)26(4)13-2)57(24-59)29(20-52(44,6)7)28-14-15-32-53(8)18-17-34(54(9,23-58)31(53)16-19-55(32,10)56(28,11)21-33(57)61)74-51-40(67)42(38(65)43(77-51)46(68)69)76-49-39(66)41(30(60)22-72-49)75-50-37(64)36(63)35(62)27(5)73-50/h12,14,26-27,29-45,49-51,58-67H,13,15-24H2,1-11H3,(H,68,69)/b25-12-/t26?,27-,29-,30-,31+,32+,33+,34-,35-,36+,37+,38-,39+,40+,41-,42-,43-,44-,45-,49-,50-,51+,53-,54-,55+,56+,57-/m0/s1. The number of carbonyl (C=O) groups excluding carboxylic acids is 2. The van der Waals surface area contributed by atoms with Crippen LogP contribution in [0.4, 0.5) is 0 Å². The Kier molecular flexibility index (Phi) is 17.9. The van der Waals surface area contributed by atoms with Crippen molar-refractivity contribution >= 4 is 17.9 Å². The van der Waals surface area contributed by atoms with E-state index in [9.17, 15) is 70.6 Å². The lowest BCUT2D eigenvalue weighted by atomic mass is 9.33. The van der Waals surface area contributed by atoms with Crippen molar-refractivity contribution < 1.29 is 108 Å². The normalized spacial score (nSPS) is 50.1. The van der Waals surface area contributed by atoms with E-state index in [-0.39, 0.29) is 24.9 Å². The molecule has 0 spiro atoms. The van der Waals surface area contributed by atoms with E-state index in [0.29, 0.717) is 50.5 Å². The zero-order chi connectivity index (χ0) is 58.4. The molecule has 22 heteroatoms. The van der Waals surface area contributed by atoms with Crippen LogP contribution in [0.2, 0.25) is 0 Å². The highest BCUT2D eigenvalue weighted by molar-refractivity contribution is 5.87. The van der Waals surface area contributed by atoms with Crippen molar-refractivity contribution in [1.29, 1.82) is 0 Å². The van der Waals surface area contributed by atoms with Gasteiger partial charge in [0.25, 0.3) is 0 Å². The van der Waals surface area contributed by atoms with Gasteiger partial charge in [-0.1, -0.05) is 73.1 Å². The molecule has 4 saturated carbocycles. The van der Waals surface area contributed by atoms with E-state index in [2.05, 4.69) is 26.8 Å². The topological polar surface area (TPSA) is 348 Å². The van der Waals surface area contributed by atoms with Crippen LogP contribution in [0, 0.1) is 56.2 Å². The fourth-order valence-electron chi connectivity index (χ4n) is 16.2. The largest absolute Gasteiger partial charge is 0.479 e. The zero-order valence-corrected chi connectivity index (χ0v) is 47.5. The Balaban J connectivity index is 1.05. The Morgan fingerprint density at radius 3 is 2.03 bits per heavy atom. The Morgan fingerprint density at radius 2 is 1.41 bits per heavy atom. The van der Waals surface area contributed by atoms with Gasteiger partial charge in [-0.2, -0.15) is 0 Å². The highest BCUT2D eigenvalue weighted by atomic mass is 16.8. The first kappa shape index (κ1) is 62.3. The summed E-state index contributed by atoms with van der Waals surface area (Å²) < 4.78 is 47.9. The van der Waals surface area contributed by atoms with Gasteiger partial charge in [-0.15, -0.1) is 0 Å². The second-order valence-corrected chi connectivity index (χ2v) is 26.2. The van der Waals surface area contributed by atoms with Crippen molar-refractivity contribution in [3.05, 3.63) is 23.3 Å². The van der Waals surface area contributed by atoms with Crippen LogP contribution in [-0.2, 0) is 52.3 Å². The van der Waals surface area contributed by atoms with E-state index < -0.39 is 186 Å². The van der Waals surface area contributed by atoms with Gasteiger partial charge in [0, 0.05) is 16.4 Å². The molecule has 0 amide bonds. The molecule has 1 unspecified atom stereocenters. The lowest BCUT2D eigenvalue weighted by Gasteiger charge is -2.72. The first-order valence-electron chi connectivity index (χ1n) is 28.4. The molecule has 3 aliphatic heterocycles. The maximum atomic E-state index is 13.9. The van der Waals surface area contributed by atoms with Gasteiger partial charge in [0.05, 0.1) is 49.5 Å². The summed E-state index contributed by atoms with van der Waals surface area (Å²) in [6.07, 6.45) is -20.7. The summed E-state index contributed by atoms with van der Waals surface area (Å²) in [5, 5.41) is 123. The number of carbonyl (C=O) groups is 3. The minimum absolute atomic E-state index is 0.0247. The third kappa shape index (κ3) is 10.1. The summed E-state index contributed by atoms with van der Waals surface area (Å²) in [7, 11) is 0. The van der Waals surface area contributed by atoms with Crippen molar-refractivity contribution in [1.82, 2.24) is 0 Å². The highest BCUT2D eigenvalue weighted by Gasteiger charge is 2.74. The van der Waals surface area contributed by atoms with Crippen LogP contribution >= 0.6 is 0 Å². The summed E-state index contributed by atoms with van der Waals surface area (Å²) in [5.41, 5.74) is -3.41. The van der Waals surface area contributed by atoms with E-state index in [1.54, 1.807) is 26.8 Å². The van der Waals surface area contributed by atoms with Crippen LogP contribution in [-0.4, -0.2) is 204 Å². The molecule has 0 radical (unpaired) electrons. The Labute approximate surface area is 462 Å². The molecule has 450 valence electrons. The number of esters is 2. The molecule has 5 aliphatic carbocycles. The summed E-state index contributed by atoms with van der Waals surface area (Å²) in [6.45, 7) is 19.5. The maximum Gasteiger partial charge on any atom is 0.335 e. The molecule has 11 N–H and O–H groups in total. The fraction of sp³-hybridized carbons (Fsp3) is 0.877. The summed E-state index contributed by atoms with van der Waals surface area (Å²) in [5.74, 6) is -3.94. The average molecular weight is 1130 g/mol. The van der Waals surface area contributed by atoms with Gasteiger partial charge in [0.2, 0.25) is 0 Å². The van der Waals surface area contributed by atoms with E-state index in [1.165, 1.54) is 6.92 Å². The molecule has 8 rings (SSSR count). The fourth-order valence-corrected chi connectivity index (χ4v) is 16.2. The van der Waals surface area contributed by atoms with Crippen molar-refractivity contribution in [2.24, 2.45) is 56.2 Å². The molecular formula is C57H90O22. The molecule has 7 fully saturated rings. The molecule has 0 aromatic carbocycles. The smallest absolute Gasteiger partial charge is 0.335 e. The molecule has 0 aromatic heterocycles.